The Hall–Kier alpha value is -2.51. The van der Waals surface area contributed by atoms with Crippen LogP contribution in [0.2, 0.25) is 0 Å². The van der Waals surface area contributed by atoms with E-state index >= 15 is 0 Å². The summed E-state index contributed by atoms with van der Waals surface area (Å²) in [7, 11) is 0. The Kier molecular flexibility index (Phi) is 9.40. The van der Waals surface area contributed by atoms with E-state index in [0.29, 0.717) is 18.0 Å². The quantitative estimate of drug-likeness (QED) is 0.206. The number of carbonyl (C=O) groups excluding carboxylic acids is 2. The van der Waals surface area contributed by atoms with Crippen molar-refractivity contribution in [3.8, 4) is 0 Å². The highest BCUT2D eigenvalue weighted by atomic mass is 16.7. The molecule has 2 rings (SSSR count). The van der Waals surface area contributed by atoms with Crippen molar-refractivity contribution in [2.45, 2.75) is 91.1 Å². The minimum atomic E-state index is -0.626. The molecule has 0 spiro atoms. The van der Waals surface area contributed by atoms with Crippen molar-refractivity contribution >= 4 is 17.8 Å². The lowest BCUT2D eigenvalue weighted by Crippen LogP contribution is -2.28. The van der Waals surface area contributed by atoms with Crippen molar-refractivity contribution in [1.82, 2.24) is 10.2 Å². The number of carbonyl (C=O) groups is 2. The minimum Gasteiger partial charge on any atom is -0.460 e. The number of aryl methyl sites for hydroxylation is 1. The molecular formula is C23H36N4O4. The largest absolute Gasteiger partial charge is 0.460 e. The van der Waals surface area contributed by atoms with Gasteiger partial charge in [-0.25, -0.2) is 4.79 Å². The highest BCUT2D eigenvalue weighted by Gasteiger charge is 2.27. The molecule has 0 unspecified atom stereocenters. The molecule has 1 fully saturated rings. The molecule has 0 bridgehead atoms. The van der Waals surface area contributed by atoms with Crippen molar-refractivity contribution in [2.24, 2.45) is 22.7 Å². The first kappa shape index (κ1) is 24.8. The van der Waals surface area contributed by atoms with Crippen LogP contribution in [0.1, 0.15) is 89.9 Å². The predicted octanol–water partition coefficient (Wildman–Crippen LogP) is 4.05. The SMILES string of the molecule is Cc1ccc(/C(N)=N/OC(=O)[C@H](CCCC2CCCCC2)CC(=O)OC(C)(C)C)nn1. The highest BCUT2D eigenvalue weighted by molar-refractivity contribution is 5.95. The van der Waals surface area contributed by atoms with E-state index in [9.17, 15) is 9.59 Å². The summed E-state index contributed by atoms with van der Waals surface area (Å²) in [6, 6.07) is 3.39. The van der Waals surface area contributed by atoms with Crippen LogP contribution in [0.25, 0.3) is 0 Å². The zero-order valence-corrected chi connectivity index (χ0v) is 19.2. The number of esters is 1. The van der Waals surface area contributed by atoms with Gasteiger partial charge in [-0.3, -0.25) is 4.79 Å². The zero-order valence-electron chi connectivity index (χ0n) is 19.2. The molecule has 0 aromatic carbocycles. The molecule has 8 heteroatoms. The van der Waals surface area contributed by atoms with Crippen LogP contribution >= 0.6 is 0 Å². The number of hydrogen-bond acceptors (Lipinski definition) is 7. The van der Waals surface area contributed by atoms with E-state index in [1.54, 1.807) is 39.8 Å². The molecule has 172 valence electrons. The molecule has 1 aliphatic rings. The summed E-state index contributed by atoms with van der Waals surface area (Å²) in [6.07, 6.45) is 8.80. The predicted molar refractivity (Wildman–Crippen MR) is 118 cm³/mol. The second kappa shape index (κ2) is 11.8. The van der Waals surface area contributed by atoms with Gasteiger partial charge in [-0.15, -0.1) is 5.10 Å². The maximum absolute atomic E-state index is 12.7. The van der Waals surface area contributed by atoms with Gasteiger partial charge >= 0.3 is 11.9 Å². The van der Waals surface area contributed by atoms with Gasteiger partial charge in [-0.05, 0) is 52.2 Å². The van der Waals surface area contributed by atoms with Gasteiger partial charge in [-0.2, -0.15) is 5.10 Å². The fourth-order valence-electron chi connectivity index (χ4n) is 3.77. The summed E-state index contributed by atoms with van der Waals surface area (Å²) in [5, 5.41) is 11.5. The summed E-state index contributed by atoms with van der Waals surface area (Å²) in [5.74, 6) is -0.968. The Labute approximate surface area is 185 Å². The van der Waals surface area contributed by atoms with Crippen LogP contribution in [0.15, 0.2) is 17.3 Å². The van der Waals surface area contributed by atoms with E-state index in [1.807, 2.05) is 0 Å². The van der Waals surface area contributed by atoms with Crippen LogP contribution in [0.5, 0.6) is 0 Å². The number of aromatic nitrogens is 2. The van der Waals surface area contributed by atoms with Gasteiger partial charge in [0.25, 0.3) is 0 Å². The van der Waals surface area contributed by atoms with E-state index in [0.717, 1.165) is 18.5 Å². The Bertz CT molecular complexity index is 750. The first-order valence-electron chi connectivity index (χ1n) is 11.2. The summed E-state index contributed by atoms with van der Waals surface area (Å²) in [5.41, 5.74) is 6.30. The topological polar surface area (TPSA) is 117 Å². The van der Waals surface area contributed by atoms with E-state index in [2.05, 4.69) is 15.4 Å². The minimum absolute atomic E-state index is 0.0411. The zero-order chi connectivity index (χ0) is 22.9. The maximum Gasteiger partial charge on any atom is 0.338 e. The molecule has 0 aliphatic heterocycles. The monoisotopic (exact) mass is 432 g/mol. The molecule has 1 aromatic rings. The fraction of sp³-hybridized carbons (Fsp3) is 0.696. The summed E-state index contributed by atoms with van der Waals surface area (Å²) in [4.78, 5) is 30.1. The van der Waals surface area contributed by atoms with Crippen LogP contribution in [-0.4, -0.2) is 33.6 Å². The van der Waals surface area contributed by atoms with Gasteiger partial charge < -0.3 is 15.3 Å². The number of nitrogens with zero attached hydrogens (tertiary/aromatic N) is 3. The Morgan fingerprint density at radius 2 is 1.90 bits per heavy atom. The average molecular weight is 433 g/mol. The molecule has 0 radical (unpaired) electrons. The van der Waals surface area contributed by atoms with Gasteiger partial charge in [0.2, 0.25) is 0 Å². The fourth-order valence-corrected chi connectivity index (χ4v) is 3.77. The lowest BCUT2D eigenvalue weighted by Gasteiger charge is -2.23. The van der Waals surface area contributed by atoms with Crippen LogP contribution in [-0.2, 0) is 19.2 Å². The smallest absolute Gasteiger partial charge is 0.338 e. The molecule has 0 amide bonds. The van der Waals surface area contributed by atoms with Crippen molar-refractivity contribution < 1.29 is 19.2 Å². The summed E-state index contributed by atoms with van der Waals surface area (Å²) >= 11 is 0. The number of hydrogen-bond donors (Lipinski definition) is 1. The molecule has 1 atom stereocenters. The number of ether oxygens (including phenoxy) is 1. The van der Waals surface area contributed by atoms with Crippen LogP contribution < -0.4 is 5.73 Å². The summed E-state index contributed by atoms with van der Waals surface area (Å²) in [6.45, 7) is 7.21. The molecule has 31 heavy (non-hydrogen) atoms. The van der Waals surface area contributed by atoms with Crippen molar-refractivity contribution in [1.29, 1.82) is 0 Å². The first-order chi connectivity index (χ1) is 14.6. The number of nitrogens with two attached hydrogens (primary N) is 1. The van der Waals surface area contributed by atoms with Crippen LogP contribution in [0, 0.1) is 18.8 Å². The first-order valence-corrected chi connectivity index (χ1v) is 11.2. The van der Waals surface area contributed by atoms with Crippen LogP contribution in [0.3, 0.4) is 0 Å². The number of amidine groups is 1. The third-order valence-electron chi connectivity index (χ3n) is 5.35. The molecule has 0 saturated heterocycles. The molecular weight excluding hydrogens is 396 g/mol. The van der Waals surface area contributed by atoms with Gasteiger partial charge in [0.15, 0.2) is 5.84 Å². The Morgan fingerprint density at radius 3 is 2.52 bits per heavy atom. The Morgan fingerprint density at radius 1 is 1.19 bits per heavy atom. The van der Waals surface area contributed by atoms with Crippen LogP contribution in [0.4, 0.5) is 0 Å². The average Bonchev–Trinajstić information content (AvgIpc) is 2.71. The highest BCUT2D eigenvalue weighted by Crippen LogP contribution is 2.29. The van der Waals surface area contributed by atoms with E-state index in [1.165, 1.54) is 32.1 Å². The number of rotatable bonds is 9. The van der Waals surface area contributed by atoms with Gasteiger partial charge in [0.05, 0.1) is 18.0 Å². The second-order valence-electron chi connectivity index (χ2n) is 9.37. The Balaban J connectivity index is 1.97. The molecule has 1 aliphatic carbocycles. The molecule has 1 aromatic heterocycles. The van der Waals surface area contributed by atoms with E-state index in [-0.39, 0.29) is 12.3 Å². The molecule has 1 heterocycles. The summed E-state index contributed by atoms with van der Waals surface area (Å²) < 4.78 is 5.40. The standard InChI is InChI=1S/C23H36N4O4/c1-16-13-14-19(26-25-16)21(24)27-31-22(29)18(15-20(28)30-23(2,3)4)12-8-11-17-9-6-5-7-10-17/h13-14,17-18H,5-12,15H2,1-4H3,(H2,24,27)/t18-/m1/s1. The van der Waals surface area contributed by atoms with Gasteiger partial charge in [0, 0.05) is 0 Å². The van der Waals surface area contributed by atoms with Crippen molar-refractivity contribution in [2.75, 3.05) is 0 Å². The molecule has 2 N–H and O–H groups in total. The lowest BCUT2D eigenvalue weighted by atomic mass is 9.84. The second-order valence-corrected chi connectivity index (χ2v) is 9.37. The van der Waals surface area contributed by atoms with Crippen molar-refractivity contribution in [3.63, 3.8) is 0 Å². The normalized spacial score (nSPS) is 16.6. The molecule has 1 saturated carbocycles. The third-order valence-corrected chi connectivity index (χ3v) is 5.35. The maximum atomic E-state index is 12.7. The van der Waals surface area contributed by atoms with Crippen molar-refractivity contribution in [3.05, 3.63) is 23.5 Å². The lowest BCUT2D eigenvalue weighted by molar-refractivity contribution is -0.161. The van der Waals surface area contributed by atoms with Gasteiger partial charge in [0.1, 0.15) is 11.3 Å². The van der Waals surface area contributed by atoms with Gasteiger partial charge in [-0.1, -0.05) is 50.1 Å². The number of oxime groups is 1. The van der Waals surface area contributed by atoms with E-state index in [4.69, 9.17) is 15.3 Å². The van der Waals surface area contributed by atoms with E-state index < -0.39 is 23.5 Å². The molecule has 8 nitrogen and oxygen atoms in total. The third kappa shape index (κ3) is 9.44.